The van der Waals surface area contributed by atoms with Gasteiger partial charge in [0.05, 0.1) is 11.4 Å². The topological polar surface area (TPSA) is 54.5 Å². The monoisotopic (exact) mass is 293 g/mol. The van der Waals surface area contributed by atoms with E-state index in [-0.39, 0.29) is 17.5 Å². The van der Waals surface area contributed by atoms with Gasteiger partial charge in [-0.15, -0.1) is 0 Å². The molecule has 0 amide bonds. The number of carbonyl (C=O) groups is 1. The van der Waals surface area contributed by atoms with Gasteiger partial charge in [0.2, 0.25) is 10.0 Å². The molecule has 0 spiro atoms. The zero-order valence-electron chi connectivity index (χ0n) is 11.7. The molecule has 1 unspecified atom stereocenters. The van der Waals surface area contributed by atoms with Crippen molar-refractivity contribution < 1.29 is 13.2 Å². The van der Waals surface area contributed by atoms with Crippen molar-refractivity contribution in [2.24, 2.45) is 0 Å². The van der Waals surface area contributed by atoms with Crippen LogP contribution < -0.4 is 0 Å². The van der Waals surface area contributed by atoms with Crippen molar-refractivity contribution >= 4 is 16.3 Å². The molecule has 1 aliphatic rings. The zero-order chi connectivity index (χ0) is 14.8. The third kappa shape index (κ3) is 3.35. The summed E-state index contributed by atoms with van der Waals surface area (Å²) in [5.74, 6) is 0. The van der Waals surface area contributed by atoms with E-state index in [4.69, 9.17) is 0 Å². The van der Waals surface area contributed by atoms with Gasteiger partial charge in [-0.2, -0.15) is 4.31 Å². The van der Waals surface area contributed by atoms with Gasteiger partial charge in [-0.3, -0.25) is 0 Å². The largest absolute Gasteiger partial charge is 0.302 e. The van der Waals surface area contributed by atoms with Crippen LogP contribution in [0.15, 0.2) is 40.8 Å². The minimum Gasteiger partial charge on any atom is -0.302 e. The van der Waals surface area contributed by atoms with E-state index in [0.29, 0.717) is 6.29 Å². The Labute approximate surface area is 120 Å². The summed E-state index contributed by atoms with van der Waals surface area (Å²) in [6.07, 6.45) is 4.64. The second-order valence-corrected chi connectivity index (χ2v) is 7.01. The van der Waals surface area contributed by atoms with Crippen LogP contribution in [0.25, 0.3) is 0 Å². The van der Waals surface area contributed by atoms with Gasteiger partial charge in [-0.25, -0.2) is 8.42 Å². The summed E-state index contributed by atoms with van der Waals surface area (Å²) in [5.41, 5.74) is 2.26. The highest BCUT2D eigenvalue weighted by Gasteiger charge is 2.28. The van der Waals surface area contributed by atoms with Crippen LogP contribution in [0.3, 0.4) is 0 Å². The molecule has 20 heavy (non-hydrogen) atoms. The Morgan fingerprint density at radius 2 is 1.85 bits per heavy atom. The number of carbonyl (C=O) groups excluding carboxylic acids is 1. The Balaban J connectivity index is 2.33. The number of rotatable bonds is 6. The lowest BCUT2D eigenvalue weighted by Crippen LogP contribution is -2.38. The summed E-state index contributed by atoms with van der Waals surface area (Å²) in [6.45, 7) is 3.58. The van der Waals surface area contributed by atoms with E-state index in [0.717, 1.165) is 18.4 Å². The van der Waals surface area contributed by atoms with Crippen molar-refractivity contribution in [1.82, 2.24) is 4.31 Å². The van der Waals surface area contributed by atoms with Gasteiger partial charge >= 0.3 is 0 Å². The van der Waals surface area contributed by atoms with E-state index in [2.05, 4.69) is 0 Å². The average Bonchev–Trinajstić information content (AvgIpc) is 3.20. The second kappa shape index (κ2) is 5.89. The minimum absolute atomic E-state index is 0.124. The van der Waals surface area contributed by atoms with Crippen LogP contribution in [0.5, 0.6) is 0 Å². The quantitative estimate of drug-likeness (QED) is 0.597. The molecular weight excluding hydrogens is 274 g/mol. The standard InChI is InChI=1S/C15H19NO3S/c1-12-3-7-15(8-4-12)20(18,19)16(9-10-17)13(2)11-14-5-6-14/h3-4,7-8,10-11,13H,5-6,9H2,1-2H3. The molecule has 1 fully saturated rings. The number of benzene rings is 1. The highest BCUT2D eigenvalue weighted by molar-refractivity contribution is 7.89. The molecule has 0 aliphatic heterocycles. The van der Waals surface area contributed by atoms with Crippen LogP contribution in [0.2, 0.25) is 0 Å². The van der Waals surface area contributed by atoms with Gasteiger partial charge in [-0.1, -0.05) is 29.3 Å². The second-order valence-electron chi connectivity index (χ2n) is 5.12. The normalized spacial score (nSPS) is 16.1. The maximum absolute atomic E-state index is 12.6. The first-order valence-corrected chi connectivity index (χ1v) is 8.11. The van der Waals surface area contributed by atoms with Crippen LogP contribution in [0, 0.1) is 6.92 Å². The molecule has 4 nitrogen and oxygen atoms in total. The van der Waals surface area contributed by atoms with Crippen molar-refractivity contribution in [1.29, 1.82) is 0 Å². The van der Waals surface area contributed by atoms with Crippen molar-refractivity contribution in [2.45, 2.75) is 37.6 Å². The van der Waals surface area contributed by atoms with E-state index in [9.17, 15) is 13.2 Å². The first kappa shape index (κ1) is 14.9. The fraction of sp³-hybridized carbons (Fsp3) is 0.400. The molecule has 0 saturated heterocycles. The van der Waals surface area contributed by atoms with Gasteiger partial charge in [0.1, 0.15) is 6.29 Å². The van der Waals surface area contributed by atoms with Gasteiger partial charge in [0.25, 0.3) is 0 Å². The highest BCUT2D eigenvalue weighted by Crippen LogP contribution is 2.29. The molecule has 0 N–H and O–H groups in total. The number of nitrogens with zero attached hydrogens (tertiary/aromatic N) is 1. The molecular formula is C15H19NO3S. The minimum atomic E-state index is -3.64. The third-order valence-corrected chi connectivity index (χ3v) is 5.32. The van der Waals surface area contributed by atoms with Crippen molar-refractivity contribution in [2.75, 3.05) is 6.54 Å². The summed E-state index contributed by atoms with van der Waals surface area (Å²) < 4.78 is 26.5. The maximum Gasteiger partial charge on any atom is 0.243 e. The van der Waals surface area contributed by atoms with Crippen LogP contribution >= 0.6 is 0 Å². The molecule has 2 rings (SSSR count). The van der Waals surface area contributed by atoms with Gasteiger partial charge in [0.15, 0.2) is 0 Å². The summed E-state index contributed by atoms with van der Waals surface area (Å²) in [6, 6.07) is 6.38. The summed E-state index contributed by atoms with van der Waals surface area (Å²) in [5, 5.41) is 0. The summed E-state index contributed by atoms with van der Waals surface area (Å²) in [4.78, 5) is 11.1. The molecule has 0 heterocycles. The summed E-state index contributed by atoms with van der Waals surface area (Å²) in [7, 11) is -3.64. The van der Waals surface area contributed by atoms with Crippen molar-refractivity contribution in [3.8, 4) is 0 Å². The number of aldehydes is 1. The van der Waals surface area contributed by atoms with Crippen LogP contribution in [0.4, 0.5) is 0 Å². The predicted molar refractivity (Wildman–Crippen MR) is 77.9 cm³/mol. The number of aryl methyl sites for hydroxylation is 1. The van der Waals surface area contributed by atoms with E-state index < -0.39 is 10.0 Å². The molecule has 0 aromatic heterocycles. The first-order valence-electron chi connectivity index (χ1n) is 6.67. The van der Waals surface area contributed by atoms with Crippen LogP contribution in [-0.2, 0) is 14.8 Å². The lowest BCUT2D eigenvalue weighted by molar-refractivity contribution is -0.108. The third-order valence-electron chi connectivity index (χ3n) is 3.35. The summed E-state index contributed by atoms with van der Waals surface area (Å²) >= 11 is 0. The zero-order valence-corrected chi connectivity index (χ0v) is 12.6. The van der Waals surface area contributed by atoms with Crippen molar-refractivity contribution in [3.05, 3.63) is 41.5 Å². The Bertz CT molecular complexity index is 611. The molecule has 1 aromatic rings. The molecule has 0 radical (unpaired) electrons. The van der Waals surface area contributed by atoms with Gasteiger partial charge in [0, 0.05) is 6.04 Å². The lowest BCUT2D eigenvalue weighted by atomic mass is 10.2. The molecule has 1 saturated carbocycles. The first-order chi connectivity index (χ1) is 9.45. The Hall–Kier alpha value is -1.46. The van der Waals surface area contributed by atoms with E-state index >= 15 is 0 Å². The number of hydrogen-bond acceptors (Lipinski definition) is 3. The van der Waals surface area contributed by atoms with Crippen molar-refractivity contribution in [3.63, 3.8) is 0 Å². The molecule has 1 aromatic carbocycles. The molecule has 0 bridgehead atoms. The number of hydrogen-bond donors (Lipinski definition) is 0. The Morgan fingerprint density at radius 1 is 1.25 bits per heavy atom. The Kier molecular flexibility index (Phi) is 4.40. The van der Waals surface area contributed by atoms with Crippen LogP contribution in [-0.4, -0.2) is 31.6 Å². The molecule has 1 aliphatic carbocycles. The molecule has 5 heteroatoms. The Morgan fingerprint density at radius 3 is 2.35 bits per heavy atom. The van der Waals surface area contributed by atoms with E-state index in [1.165, 1.54) is 9.88 Å². The molecule has 1 atom stereocenters. The molecule has 108 valence electrons. The van der Waals surface area contributed by atoms with E-state index in [1.807, 2.05) is 13.0 Å². The predicted octanol–water partition coefficient (Wildman–Crippen LogP) is 2.29. The number of sulfonamides is 1. The smallest absolute Gasteiger partial charge is 0.243 e. The average molecular weight is 293 g/mol. The fourth-order valence-electron chi connectivity index (χ4n) is 2.07. The van der Waals surface area contributed by atoms with Gasteiger partial charge in [-0.05, 0) is 38.8 Å². The van der Waals surface area contributed by atoms with E-state index in [1.54, 1.807) is 31.2 Å². The highest BCUT2D eigenvalue weighted by atomic mass is 32.2. The number of allylic oxidation sites excluding steroid dienone is 1. The fourth-order valence-corrected chi connectivity index (χ4v) is 3.57. The lowest BCUT2D eigenvalue weighted by Gasteiger charge is -2.24. The van der Waals surface area contributed by atoms with Crippen LogP contribution in [0.1, 0.15) is 25.3 Å². The maximum atomic E-state index is 12.6. The van der Waals surface area contributed by atoms with Gasteiger partial charge < -0.3 is 4.79 Å². The SMILES string of the molecule is Cc1ccc(S(=O)(=O)N(CC=O)C(C)C=C2CC2)cc1.